The van der Waals surface area contributed by atoms with Crippen molar-refractivity contribution < 1.29 is 27.4 Å². The molecule has 1 fully saturated rings. The number of nitrogens with one attached hydrogen (secondary N) is 2. The highest BCUT2D eigenvalue weighted by Crippen LogP contribution is 2.34. The summed E-state index contributed by atoms with van der Waals surface area (Å²) in [7, 11) is 1.53. The summed E-state index contributed by atoms with van der Waals surface area (Å²) in [4.78, 5) is 39.1. The second kappa shape index (κ2) is 9.70. The minimum absolute atomic E-state index is 0.0898. The van der Waals surface area contributed by atoms with Crippen molar-refractivity contribution in [2.75, 3.05) is 7.11 Å². The summed E-state index contributed by atoms with van der Waals surface area (Å²) in [5.41, 5.74) is 3.66. The summed E-state index contributed by atoms with van der Waals surface area (Å²) in [6.07, 6.45) is -5.58. The Kier molecular flexibility index (Phi) is 7.48. The number of carbonyl (C=O) groups is 1. The monoisotopic (exact) mass is 506 g/mol. The van der Waals surface area contributed by atoms with Crippen molar-refractivity contribution in [3.05, 3.63) is 31.3 Å². The quantitative estimate of drug-likeness (QED) is 0.559. The van der Waals surface area contributed by atoms with E-state index in [2.05, 4.69) is 10.9 Å². The molecule has 1 saturated carbocycles. The zero-order valence-corrected chi connectivity index (χ0v) is 20.5. The van der Waals surface area contributed by atoms with Crippen LogP contribution in [-0.4, -0.2) is 40.2 Å². The fourth-order valence-electron chi connectivity index (χ4n) is 3.78. The van der Waals surface area contributed by atoms with Crippen molar-refractivity contribution in [3.8, 4) is 0 Å². The molecule has 2 aromatic rings. The van der Waals surface area contributed by atoms with Gasteiger partial charge in [0.05, 0.1) is 17.9 Å². The highest BCUT2D eigenvalue weighted by Gasteiger charge is 2.35. The number of alkyl halides is 3. The lowest BCUT2D eigenvalue weighted by molar-refractivity contribution is -0.136. The molecule has 0 unspecified atom stereocenters. The van der Waals surface area contributed by atoms with Crippen LogP contribution in [0.3, 0.4) is 0 Å². The lowest BCUT2D eigenvalue weighted by Gasteiger charge is -2.35. The average Bonchev–Trinajstić information content (AvgIpc) is 2.97. The Bertz CT molecular complexity index is 1170. The summed E-state index contributed by atoms with van der Waals surface area (Å²) >= 11 is 1.05. The van der Waals surface area contributed by atoms with E-state index in [0.29, 0.717) is 23.3 Å². The van der Waals surface area contributed by atoms with Crippen LogP contribution >= 0.6 is 11.3 Å². The first kappa shape index (κ1) is 26.2. The van der Waals surface area contributed by atoms with Crippen LogP contribution in [0.4, 0.5) is 18.0 Å². The van der Waals surface area contributed by atoms with Gasteiger partial charge in [-0.2, -0.15) is 13.2 Å². The summed E-state index contributed by atoms with van der Waals surface area (Å²) in [5, 5.41) is 0.210. The van der Waals surface area contributed by atoms with Crippen molar-refractivity contribution in [2.45, 2.75) is 84.0 Å². The van der Waals surface area contributed by atoms with Gasteiger partial charge in [0, 0.05) is 31.1 Å². The van der Waals surface area contributed by atoms with E-state index in [4.69, 9.17) is 9.47 Å². The van der Waals surface area contributed by atoms with E-state index < -0.39 is 48.1 Å². The average molecular weight is 507 g/mol. The van der Waals surface area contributed by atoms with Gasteiger partial charge in [0.25, 0.3) is 5.56 Å². The molecule has 190 valence electrons. The summed E-state index contributed by atoms with van der Waals surface area (Å²) < 4.78 is 51.4. The molecule has 0 bridgehead atoms. The SMILES string of the molecule is CO[C@H]1C[C@H](n2c(=O)c3c(C)c(CNNC(=O)OC(C)(C)C)sc3n(CCC(F)(F)F)c2=O)C1. The Labute approximate surface area is 197 Å². The van der Waals surface area contributed by atoms with Gasteiger partial charge < -0.3 is 9.47 Å². The maximum atomic E-state index is 13.3. The van der Waals surface area contributed by atoms with E-state index in [-0.39, 0.29) is 22.9 Å². The number of amides is 1. The van der Waals surface area contributed by atoms with Crippen molar-refractivity contribution in [1.82, 2.24) is 20.0 Å². The lowest BCUT2D eigenvalue weighted by Crippen LogP contribution is -2.47. The Hall–Kier alpha value is -2.38. The Morgan fingerprint density at radius 1 is 1.21 bits per heavy atom. The van der Waals surface area contributed by atoms with Crippen molar-refractivity contribution in [3.63, 3.8) is 0 Å². The van der Waals surface area contributed by atoms with Crippen LogP contribution < -0.4 is 22.1 Å². The molecule has 2 N–H and O–H groups in total. The van der Waals surface area contributed by atoms with Gasteiger partial charge in [-0.1, -0.05) is 0 Å². The molecule has 0 saturated heterocycles. The predicted octanol–water partition coefficient (Wildman–Crippen LogP) is 3.36. The van der Waals surface area contributed by atoms with Crippen molar-refractivity contribution in [1.29, 1.82) is 0 Å². The third kappa shape index (κ3) is 5.81. The summed E-state index contributed by atoms with van der Waals surface area (Å²) in [6.45, 7) is 6.31. The number of hydrazine groups is 1. The minimum Gasteiger partial charge on any atom is -0.443 e. The van der Waals surface area contributed by atoms with Gasteiger partial charge in [-0.3, -0.25) is 19.4 Å². The fourth-order valence-corrected chi connectivity index (χ4v) is 5.03. The third-order valence-corrected chi connectivity index (χ3v) is 6.88. The number of nitrogens with zero attached hydrogens (tertiary/aromatic N) is 2. The molecular weight excluding hydrogens is 477 g/mol. The number of halogens is 3. The minimum atomic E-state index is -4.46. The highest BCUT2D eigenvalue weighted by molar-refractivity contribution is 7.18. The number of hydrogen-bond acceptors (Lipinski definition) is 7. The van der Waals surface area contributed by atoms with E-state index in [1.54, 1.807) is 27.7 Å². The molecule has 0 spiro atoms. The largest absolute Gasteiger partial charge is 0.443 e. The Balaban J connectivity index is 1.97. The molecule has 9 nitrogen and oxygen atoms in total. The molecule has 0 atom stereocenters. The van der Waals surface area contributed by atoms with Crippen LogP contribution in [-0.2, 0) is 22.6 Å². The first-order valence-electron chi connectivity index (χ1n) is 10.8. The van der Waals surface area contributed by atoms with Gasteiger partial charge in [0.1, 0.15) is 10.4 Å². The molecular formula is C21H29F3N4O5S. The van der Waals surface area contributed by atoms with Crippen LogP contribution in [0.1, 0.15) is 56.5 Å². The summed E-state index contributed by atoms with van der Waals surface area (Å²) in [6, 6.07) is -0.429. The van der Waals surface area contributed by atoms with Crippen LogP contribution in [0.5, 0.6) is 0 Å². The van der Waals surface area contributed by atoms with E-state index in [0.717, 1.165) is 20.5 Å². The lowest BCUT2D eigenvalue weighted by atomic mass is 9.89. The molecule has 0 radical (unpaired) electrons. The summed E-state index contributed by atoms with van der Waals surface area (Å²) in [5.74, 6) is 0. The van der Waals surface area contributed by atoms with Gasteiger partial charge in [0.2, 0.25) is 0 Å². The molecule has 0 aromatic carbocycles. The number of fused-ring (bicyclic) bond motifs is 1. The van der Waals surface area contributed by atoms with Gasteiger partial charge in [-0.15, -0.1) is 11.3 Å². The van der Waals surface area contributed by atoms with E-state index in [9.17, 15) is 27.6 Å². The second-order valence-corrected chi connectivity index (χ2v) is 10.4. The molecule has 3 rings (SSSR count). The van der Waals surface area contributed by atoms with E-state index in [1.807, 2.05) is 0 Å². The zero-order chi connectivity index (χ0) is 25.4. The van der Waals surface area contributed by atoms with E-state index >= 15 is 0 Å². The molecule has 34 heavy (non-hydrogen) atoms. The molecule has 0 aliphatic heterocycles. The zero-order valence-electron chi connectivity index (χ0n) is 19.7. The van der Waals surface area contributed by atoms with Crippen molar-refractivity contribution >= 4 is 27.6 Å². The first-order valence-corrected chi connectivity index (χ1v) is 11.6. The molecule has 2 heterocycles. The number of hydrogen-bond donors (Lipinski definition) is 2. The van der Waals surface area contributed by atoms with Crippen molar-refractivity contribution in [2.24, 2.45) is 0 Å². The van der Waals surface area contributed by atoms with Gasteiger partial charge >= 0.3 is 18.0 Å². The maximum absolute atomic E-state index is 13.3. The normalized spacial score (nSPS) is 18.7. The number of carbonyl (C=O) groups excluding carboxylic acids is 1. The van der Waals surface area contributed by atoms with Crippen LogP contribution in [0.25, 0.3) is 10.2 Å². The highest BCUT2D eigenvalue weighted by atomic mass is 32.1. The molecule has 1 amide bonds. The maximum Gasteiger partial charge on any atom is 0.422 e. The number of aromatic nitrogens is 2. The Morgan fingerprint density at radius 2 is 1.85 bits per heavy atom. The number of ether oxygens (including phenoxy) is 2. The van der Waals surface area contributed by atoms with Crippen LogP contribution in [0.15, 0.2) is 9.59 Å². The number of methoxy groups -OCH3 is 1. The topological polar surface area (TPSA) is 104 Å². The van der Waals surface area contributed by atoms with Gasteiger partial charge in [-0.25, -0.2) is 15.0 Å². The van der Waals surface area contributed by atoms with Gasteiger partial charge in [-0.05, 0) is 46.1 Å². The second-order valence-electron chi connectivity index (χ2n) is 9.27. The van der Waals surface area contributed by atoms with Gasteiger partial charge in [0.15, 0.2) is 0 Å². The fraction of sp³-hybridized carbons (Fsp3) is 0.667. The molecule has 1 aliphatic carbocycles. The molecule has 2 aromatic heterocycles. The third-order valence-electron chi connectivity index (χ3n) is 5.57. The standard InChI is InChI=1S/C21H29F3N4O5S/c1-11-14(10-25-26-18(30)33-20(2,3)4)34-17-15(11)16(29)28(12-8-13(9-12)32-5)19(31)27(17)7-6-21(22,23)24/h12-13,25H,6-10H2,1-5H3,(H,26,30)/t12-,13-. The molecule has 13 heteroatoms. The predicted molar refractivity (Wildman–Crippen MR) is 121 cm³/mol. The smallest absolute Gasteiger partial charge is 0.422 e. The number of rotatable bonds is 7. The number of aryl methyl sites for hydroxylation is 2. The Morgan fingerprint density at radius 3 is 2.41 bits per heavy atom. The van der Waals surface area contributed by atoms with Crippen LogP contribution in [0, 0.1) is 6.92 Å². The van der Waals surface area contributed by atoms with E-state index in [1.165, 1.54) is 7.11 Å². The van der Waals surface area contributed by atoms with Crippen LogP contribution in [0.2, 0.25) is 0 Å². The molecule has 1 aliphatic rings. The number of thiophene rings is 1. The first-order chi connectivity index (χ1) is 15.7.